The van der Waals surface area contributed by atoms with Gasteiger partial charge in [-0.05, 0) is 110 Å². The maximum absolute atomic E-state index is 2.45. The molecule has 0 unspecified atom stereocenters. The highest BCUT2D eigenvalue weighted by atomic mass is 32.1. The Balaban J connectivity index is 0.931. The lowest BCUT2D eigenvalue weighted by atomic mass is 9.97. The highest BCUT2D eigenvalue weighted by Crippen LogP contribution is 2.46. The molecule has 11 aromatic carbocycles. The van der Waals surface area contributed by atoms with Crippen molar-refractivity contribution < 1.29 is 0 Å². The highest BCUT2D eigenvalue weighted by Gasteiger charge is 2.20. The smallest absolute Gasteiger partial charge is 0.0640 e. The summed E-state index contributed by atoms with van der Waals surface area (Å²) in [5.41, 5.74) is 11.8. The highest BCUT2D eigenvalue weighted by molar-refractivity contribution is 7.26. The van der Waals surface area contributed by atoms with Crippen LogP contribution in [0.1, 0.15) is 0 Å². The van der Waals surface area contributed by atoms with Gasteiger partial charge in [-0.3, -0.25) is 0 Å². The summed E-state index contributed by atoms with van der Waals surface area (Å²) < 4.78 is 5.02. The molecule has 0 aliphatic heterocycles. The van der Waals surface area contributed by atoms with Crippen LogP contribution in [-0.4, -0.2) is 4.57 Å². The molecule has 0 spiro atoms. The standard InChI is InChI=1S/C60H38N2S/c1-2-13-46(14-3-1)62-57-38-44(29-35-52(57)54-36-27-42-12-5-7-16-51(42)59(54)62)40-25-32-48(33-26-40)61(56-19-10-18-55-53-17-8-9-20-58(53)63-60(55)56)47-30-23-39(24-31-47)43-28-34-50-45(37-43)22-21-41-11-4-6-15-49(41)50/h1-38H. The molecule has 0 aliphatic rings. The van der Waals surface area contributed by atoms with Gasteiger partial charge in [-0.2, -0.15) is 0 Å². The molecule has 294 valence electrons. The molecule has 0 atom stereocenters. The maximum atomic E-state index is 2.45. The van der Waals surface area contributed by atoms with Crippen molar-refractivity contribution in [1.29, 1.82) is 0 Å². The van der Waals surface area contributed by atoms with Gasteiger partial charge in [0.15, 0.2) is 0 Å². The second kappa shape index (κ2) is 14.3. The number of thiophene rings is 1. The molecule has 0 aliphatic carbocycles. The van der Waals surface area contributed by atoms with Crippen molar-refractivity contribution in [3.63, 3.8) is 0 Å². The molecule has 2 nitrogen and oxygen atoms in total. The molecule has 0 saturated heterocycles. The average Bonchev–Trinajstić information content (AvgIpc) is 3.91. The van der Waals surface area contributed by atoms with E-state index in [0.717, 1.165) is 17.1 Å². The van der Waals surface area contributed by atoms with Gasteiger partial charge in [0.25, 0.3) is 0 Å². The molecule has 2 aromatic heterocycles. The van der Waals surface area contributed by atoms with Gasteiger partial charge in [-0.15, -0.1) is 11.3 Å². The largest absolute Gasteiger partial charge is 0.309 e. The SMILES string of the molecule is c1ccc(-n2c3cc(-c4ccc(N(c5ccc(-c6ccc7c(ccc8ccccc87)c6)cc5)c5cccc6c5sc5ccccc56)cc4)ccc3c3ccc4ccccc4c32)cc1. The first kappa shape index (κ1) is 35.7. The molecule has 2 heterocycles. The second-order valence-corrected chi connectivity index (χ2v) is 17.5. The molecule has 0 N–H and O–H groups in total. The number of para-hydroxylation sites is 1. The fourth-order valence-corrected chi connectivity index (χ4v) is 11.1. The summed E-state index contributed by atoms with van der Waals surface area (Å²) in [5, 5.41) is 12.7. The van der Waals surface area contributed by atoms with E-state index in [1.807, 2.05) is 11.3 Å². The van der Waals surface area contributed by atoms with E-state index in [1.165, 1.54) is 102 Å². The minimum absolute atomic E-state index is 1.11. The van der Waals surface area contributed by atoms with Crippen LogP contribution >= 0.6 is 11.3 Å². The number of aromatic nitrogens is 1. The number of nitrogens with zero attached hydrogens (tertiary/aromatic N) is 2. The van der Waals surface area contributed by atoms with Crippen molar-refractivity contribution >= 4 is 103 Å². The Morgan fingerprint density at radius 2 is 0.873 bits per heavy atom. The predicted molar refractivity (Wildman–Crippen MR) is 272 cm³/mol. The Labute approximate surface area is 368 Å². The number of anilines is 3. The van der Waals surface area contributed by atoms with E-state index in [-0.39, 0.29) is 0 Å². The maximum Gasteiger partial charge on any atom is 0.0640 e. The van der Waals surface area contributed by atoms with Gasteiger partial charge in [-0.1, -0.05) is 170 Å². The Kier molecular flexibility index (Phi) is 8.12. The van der Waals surface area contributed by atoms with Crippen LogP contribution < -0.4 is 4.90 Å². The molecule has 0 amide bonds. The van der Waals surface area contributed by atoms with Crippen LogP contribution in [0.2, 0.25) is 0 Å². The van der Waals surface area contributed by atoms with E-state index >= 15 is 0 Å². The van der Waals surface area contributed by atoms with E-state index < -0.39 is 0 Å². The third kappa shape index (κ3) is 5.78. The van der Waals surface area contributed by atoms with Crippen molar-refractivity contribution in [1.82, 2.24) is 4.57 Å². The van der Waals surface area contributed by atoms with Crippen LogP contribution in [0, 0.1) is 0 Å². The van der Waals surface area contributed by atoms with Gasteiger partial charge < -0.3 is 9.47 Å². The zero-order valence-corrected chi connectivity index (χ0v) is 35.1. The van der Waals surface area contributed by atoms with Crippen molar-refractivity contribution in [3.8, 4) is 27.9 Å². The van der Waals surface area contributed by atoms with Crippen molar-refractivity contribution in [2.75, 3.05) is 4.90 Å². The Morgan fingerprint density at radius 3 is 1.63 bits per heavy atom. The second-order valence-electron chi connectivity index (χ2n) is 16.5. The first-order valence-corrected chi connectivity index (χ1v) is 22.4. The number of fused-ring (bicyclic) bond motifs is 11. The van der Waals surface area contributed by atoms with Crippen LogP contribution in [0.4, 0.5) is 17.1 Å². The number of benzene rings is 11. The molecule has 3 heteroatoms. The third-order valence-electron chi connectivity index (χ3n) is 13.0. The van der Waals surface area contributed by atoms with Gasteiger partial charge in [-0.25, -0.2) is 0 Å². The molecular weight excluding hydrogens is 781 g/mol. The number of rotatable bonds is 6. The Morgan fingerprint density at radius 1 is 0.333 bits per heavy atom. The summed E-state index contributed by atoms with van der Waals surface area (Å²) in [6, 6.07) is 84.7. The third-order valence-corrected chi connectivity index (χ3v) is 14.2. The lowest BCUT2D eigenvalue weighted by Crippen LogP contribution is -2.10. The first-order valence-electron chi connectivity index (χ1n) is 21.6. The van der Waals surface area contributed by atoms with E-state index in [2.05, 4.69) is 240 Å². The summed E-state index contributed by atoms with van der Waals surface area (Å²) >= 11 is 1.87. The zero-order valence-electron chi connectivity index (χ0n) is 34.2. The predicted octanol–water partition coefficient (Wildman–Crippen LogP) is 17.4. The lowest BCUT2D eigenvalue weighted by Gasteiger charge is -2.26. The van der Waals surface area contributed by atoms with Crippen molar-refractivity contribution in [2.24, 2.45) is 0 Å². The first-order chi connectivity index (χ1) is 31.2. The van der Waals surface area contributed by atoms with Gasteiger partial charge >= 0.3 is 0 Å². The Hall–Kier alpha value is -7.98. The normalized spacial score (nSPS) is 11.8. The number of hydrogen-bond acceptors (Lipinski definition) is 2. The van der Waals surface area contributed by atoms with Gasteiger partial charge in [0, 0.05) is 48.7 Å². The Bertz CT molecular complexity index is 3900. The van der Waals surface area contributed by atoms with Crippen molar-refractivity contribution in [2.45, 2.75) is 0 Å². The van der Waals surface area contributed by atoms with E-state index in [1.54, 1.807) is 0 Å². The topological polar surface area (TPSA) is 8.17 Å². The lowest BCUT2D eigenvalue weighted by molar-refractivity contribution is 1.19. The van der Waals surface area contributed by atoms with Crippen LogP contribution in [0.3, 0.4) is 0 Å². The fraction of sp³-hybridized carbons (Fsp3) is 0. The molecular formula is C60H38N2S. The summed E-state index contributed by atoms with van der Waals surface area (Å²) in [6.45, 7) is 0. The molecule has 0 radical (unpaired) electrons. The van der Waals surface area contributed by atoms with E-state index in [4.69, 9.17) is 0 Å². The summed E-state index contributed by atoms with van der Waals surface area (Å²) in [6.07, 6.45) is 0. The molecule has 13 rings (SSSR count). The molecule has 63 heavy (non-hydrogen) atoms. The summed E-state index contributed by atoms with van der Waals surface area (Å²) in [4.78, 5) is 2.43. The minimum Gasteiger partial charge on any atom is -0.309 e. The van der Waals surface area contributed by atoms with Gasteiger partial charge in [0.2, 0.25) is 0 Å². The van der Waals surface area contributed by atoms with Crippen LogP contribution in [0.5, 0.6) is 0 Å². The van der Waals surface area contributed by atoms with Gasteiger partial charge in [0.1, 0.15) is 0 Å². The number of hydrogen-bond donors (Lipinski definition) is 0. The quantitative estimate of drug-likeness (QED) is 0.152. The fourth-order valence-electron chi connectivity index (χ4n) is 9.94. The molecule has 13 aromatic rings. The molecule has 0 fully saturated rings. The summed E-state index contributed by atoms with van der Waals surface area (Å²) in [7, 11) is 0. The monoisotopic (exact) mass is 818 g/mol. The molecule has 0 saturated carbocycles. The zero-order chi connectivity index (χ0) is 41.4. The van der Waals surface area contributed by atoms with Crippen LogP contribution in [-0.2, 0) is 0 Å². The molecule has 0 bridgehead atoms. The minimum atomic E-state index is 1.11. The van der Waals surface area contributed by atoms with Gasteiger partial charge in [0.05, 0.1) is 21.4 Å². The van der Waals surface area contributed by atoms with E-state index in [0.29, 0.717) is 0 Å². The van der Waals surface area contributed by atoms with Crippen LogP contribution in [0.25, 0.3) is 102 Å². The average molecular weight is 819 g/mol. The van der Waals surface area contributed by atoms with E-state index in [9.17, 15) is 0 Å². The van der Waals surface area contributed by atoms with Crippen LogP contribution in [0.15, 0.2) is 231 Å². The summed E-state index contributed by atoms with van der Waals surface area (Å²) in [5.74, 6) is 0. The van der Waals surface area contributed by atoms with Crippen molar-refractivity contribution in [3.05, 3.63) is 231 Å².